The van der Waals surface area contributed by atoms with Crippen LogP contribution in [0, 0.1) is 0 Å². The van der Waals surface area contributed by atoms with E-state index in [4.69, 9.17) is 4.74 Å². The zero-order valence-corrected chi connectivity index (χ0v) is 17.0. The van der Waals surface area contributed by atoms with E-state index in [1.54, 1.807) is 37.3 Å². The number of aliphatic imine (C=N–C) groups is 1. The van der Waals surface area contributed by atoms with Gasteiger partial charge in [-0.15, -0.1) is 35.3 Å². The van der Waals surface area contributed by atoms with E-state index in [9.17, 15) is 0 Å². The Morgan fingerprint density at radius 2 is 2.24 bits per heavy atom. The molecule has 0 saturated heterocycles. The van der Waals surface area contributed by atoms with Crippen molar-refractivity contribution in [2.24, 2.45) is 4.99 Å². The van der Waals surface area contributed by atoms with Gasteiger partial charge in [0.15, 0.2) is 5.96 Å². The third-order valence-corrected chi connectivity index (χ3v) is 4.76. The van der Waals surface area contributed by atoms with Crippen molar-refractivity contribution in [3.8, 4) is 0 Å². The van der Waals surface area contributed by atoms with E-state index in [1.165, 1.54) is 0 Å². The fourth-order valence-corrected chi connectivity index (χ4v) is 2.96. The van der Waals surface area contributed by atoms with Crippen molar-refractivity contribution >= 4 is 53.0 Å². The molecule has 5 nitrogen and oxygen atoms in total. The standard InChI is InChI=1S/C13H24N4OS2.HI/c1-13(2,18-4)10-17-11(14-3)15-6-5-8-19-12-16-7-9-20-12;/h7,9H,5-6,8,10H2,1-4H3,(H2,14,15,17);1H. The number of thioether (sulfide) groups is 1. The normalized spacial score (nSPS) is 11.9. The topological polar surface area (TPSA) is 58.5 Å². The van der Waals surface area contributed by atoms with Crippen LogP contribution in [0.1, 0.15) is 20.3 Å². The van der Waals surface area contributed by atoms with Gasteiger partial charge in [0.05, 0.1) is 5.60 Å². The van der Waals surface area contributed by atoms with Crippen LogP contribution in [0.5, 0.6) is 0 Å². The first-order valence-corrected chi connectivity index (χ1v) is 8.46. The second kappa shape index (κ2) is 11.5. The summed E-state index contributed by atoms with van der Waals surface area (Å²) in [5.74, 6) is 1.87. The Balaban J connectivity index is 0.00000400. The summed E-state index contributed by atoms with van der Waals surface area (Å²) in [6.45, 7) is 5.69. The maximum atomic E-state index is 5.36. The number of nitrogens with zero attached hydrogens (tertiary/aromatic N) is 2. The maximum absolute atomic E-state index is 5.36. The molecule has 0 aromatic carbocycles. The number of ether oxygens (including phenoxy) is 1. The third kappa shape index (κ3) is 9.54. The molecular weight excluding hydrogens is 419 g/mol. The predicted molar refractivity (Wildman–Crippen MR) is 103 cm³/mol. The fraction of sp³-hybridized carbons (Fsp3) is 0.692. The summed E-state index contributed by atoms with van der Waals surface area (Å²) in [6.07, 6.45) is 2.91. The number of methoxy groups -OCH3 is 1. The number of hydrogen-bond acceptors (Lipinski definition) is 5. The van der Waals surface area contributed by atoms with E-state index in [-0.39, 0.29) is 29.6 Å². The van der Waals surface area contributed by atoms with Gasteiger partial charge in [0.1, 0.15) is 4.34 Å². The van der Waals surface area contributed by atoms with Gasteiger partial charge in [0.2, 0.25) is 0 Å². The Labute approximate surface area is 152 Å². The molecule has 0 bridgehead atoms. The molecule has 0 aliphatic rings. The summed E-state index contributed by atoms with van der Waals surface area (Å²) in [5.41, 5.74) is -0.196. The molecule has 0 aliphatic carbocycles. The third-order valence-electron chi connectivity index (χ3n) is 2.71. The molecule has 0 amide bonds. The van der Waals surface area contributed by atoms with Crippen LogP contribution in [0.25, 0.3) is 0 Å². The number of guanidine groups is 1. The minimum absolute atomic E-state index is 0. The summed E-state index contributed by atoms with van der Waals surface area (Å²) in [6, 6.07) is 0. The molecule has 0 aliphatic heterocycles. The van der Waals surface area contributed by atoms with Crippen molar-refractivity contribution in [1.29, 1.82) is 0 Å². The van der Waals surface area contributed by atoms with Crippen LogP contribution in [0.4, 0.5) is 0 Å². The zero-order valence-electron chi connectivity index (χ0n) is 13.0. The van der Waals surface area contributed by atoms with Crippen molar-refractivity contribution in [3.05, 3.63) is 11.6 Å². The minimum atomic E-state index is -0.196. The first kappa shape index (κ1) is 20.9. The van der Waals surface area contributed by atoms with Crippen LogP contribution in [-0.4, -0.2) is 49.5 Å². The highest BCUT2D eigenvalue weighted by atomic mass is 127. The molecule has 0 atom stereocenters. The first-order valence-electron chi connectivity index (χ1n) is 6.59. The van der Waals surface area contributed by atoms with E-state index < -0.39 is 0 Å². The predicted octanol–water partition coefficient (Wildman–Crippen LogP) is 2.83. The molecule has 0 unspecified atom stereocenters. The molecule has 1 aromatic rings. The molecule has 0 fully saturated rings. The minimum Gasteiger partial charge on any atom is -0.377 e. The van der Waals surface area contributed by atoms with Crippen LogP contribution >= 0.6 is 47.1 Å². The quantitative estimate of drug-likeness (QED) is 0.212. The average Bonchev–Trinajstić information content (AvgIpc) is 2.95. The van der Waals surface area contributed by atoms with E-state index in [2.05, 4.69) is 20.6 Å². The van der Waals surface area contributed by atoms with E-state index in [0.29, 0.717) is 0 Å². The smallest absolute Gasteiger partial charge is 0.191 e. The van der Waals surface area contributed by atoms with Gasteiger partial charge in [-0.1, -0.05) is 11.8 Å². The number of nitrogens with one attached hydrogen (secondary N) is 2. The van der Waals surface area contributed by atoms with Gasteiger partial charge in [-0.25, -0.2) is 4.98 Å². The lowest BCUT2D eigenvalue weighted by Gasteiger charge is -2.24. The highest BCUT2D eigenvalue weighted by molar-refractivity contribution is 14.0. The maximum Gasteiger partial charge on any atom is 0.191 e. The van der Waals surface area contributed by atoms with Crippen LogP contribution in [0.15, 0.2) is 20.9 Å². The molecule has 1 aromatic heterocycles. The lowest BCUT2D eigenvalue weighted by molar-refractivity contribution is 0.0268. The molecule has 1 heterocycles. The van der Waals surface area contributed by atoms with Crippen molar-refractivity contribution in [1.82, 2.24) is 15.6 Å². The first-order chi connectivity index (χ1) is 9.57. The monoisotopic (exact) mass is 444 g/mol. The molecule has 122 valence electrons. The lowest BCUT2D eigenvalue weighted by atomic mass is 10.1. The average molecular weight is 444 g/mol. The van der Waals surface area contributed by atoms with Gasteiger partial charge < -0.3 is 15.4 Å². The Bertz CT molecular complexity index is 399. The second-order valence-electron chi connectivity index (χ2n) is 4.82. The number of rotatable bonds is 8. The van der Waals surface area contributed by atoms with Gasteiger partial charge in [-0.2, -0.15) is 0 Å². The molecular formula is C13H25IN4OS2. The number of halogens is 1. The van der Waals surface area contributed by atoms with Gasteiger partial charge >= 0.3 is 0 Å². The SMILES string of the molecule is CN=C(NCCCSc1nccs1)NCC(C)(C)OC.I. The highest BCUT2D eigenvalue weighted by Crippen LogP contribution is 2.20. The van der Waals surface area contributed by atoms with Crippen molar-refractivity contribution in [2.75, 3.05) is 33.0 Å². The number of hydrogen-bond donors (Lipinski definition) is 2. The van der Waals surface area contributed by atoms with Crippen molar-refractivity contribution in [3.63, 3.8) is 0 Å². The zero-order chi connectivity index (χ0) is 14.8. The Morgan fingerprint density at radius 1 is 1.48 bits per heavy atom. The Hall–Kier alpha value is -0.0600. The summed E-state index contributed by atoms with van der Waals surface area (Å²) >= 11 is 3.48. The van der Waals surface area contributed by atoms with E-state index in [0.717, 1.165) is 35.6 Å². The van der Waals surface area contributed by atoms with Crippen LogP contribution in [0.3, 0.4) is 0 Å². The van der Waals surface area contributed by atoms with Gasteiger partial charge in [0.25, 0.3) is 0 Å². The van der Waals surface area contributed by atoms with E-state index >= 15 is 0 Å². The Morgan fingerprint density at radius 3 is 2.81 bits per heavy atom. The van der Waals surface area contributed by atoms with Gasteiger partial charge in [-0.3, -0.25) is 4.99 Å². The number of thiazole rings is 1. The van der Waals surface area contributed by atoms with Crippen LogP contribution in [-0.2, 0) is 4.74 Å². The molecule has 2 N–H and O–H groups in total. The highest BCUT2D eigenvalue weighted by Gasteiger charge is 2.16. The Kier molecular flexibility index (Phi) is 11.5. The fourth-order valence-electron chi connectivity index (χ4n) is 1.31. The van der Waals surface area contributed by atoms with E-state index in [1.807, 2.05) is 25.4 Å². The molecule has 0 spiro atoms. The molecule has 0 radical (unpaired) electrons. The lowest BCUT2D eigenvalue weighted by Crippen LogP contribution is -2.45. The van der Waals surface area contributed by atoms with Gasteiger partial charge in [0, 0.05) is 44.6 Å². The van der Waals surface area contributed by atoms with Crippen molar-refractivity contribution in [2.45, 2.75) is 30.2 Å². The summed E-state index contributed by atoms with van der Waals surface area (Å²) in [5, 5.41) is 8.56. The summed E-state index contributed by atoms with van der Waals surface area (Å²) in [7, 11) is 3.49. The summed E-state index contributed by atoms with van der Waals surface area (Å²) in [4.78, 5) is 8.44. The van der Waals surface area contributed by atoms with Crippen molar-refractivity contribution < 1.29 is 4.74 Å². The number of aromatic nitrogens is 1. The summed E-state index contributed by atoms with van der Waals surface area (Å²) < 4.78 is 6.50. The van der Waals surface area contributed by atoms with Crippen LogP contribution < -0.4 is 10.6 Å². The molecule has 8 heteroatoms. The molecule has 21 heavy (non-hydrogen) atoms. The van der Waals surface area contributed by atoms with Crippen LogP contribution in [0.2, 0.25) is 0 Å². The second-order valence-corrected chi connectivity index (χ2v) is 7.05. The van der Waals surface area contributed by atoms with Gasteiger partial charge in [-0.05, 0) is 20.3 Å². The largest absolute Gasteiger partial charge is 0.377 e. The molecule has 0 saturated carbocycles. The molecule has 1 rings (SSSR count).